The second kappa shape index (κ2) is 3.40. The van der Waals surface area contributed by atoms with E-state index in [1.54, 1.807) is 12.3 Å². The van der Waals surface area contributed by atoms with E-state index in [-0.39, 0.29) is 0 Å². The molecule has 0 atom stereocenters. The first-order valence-corrected chi connectivity index (χ1v) is 3.91. The summed E-state index contributed by atoms with van der Waals surface area (Å²) in [5.41, 5.74) is 0.972. The van der Waals surface area contributed by atoms with Crippen LogP contribution in [0.4, 0.5) is 0 Å². The fourth-order valence-electron chi connectivity index (χ4n) is 0.608. The molecule has 1 rings (SSSR count). The molecule has 1 aromatic heterocycles. The van der Waals surface area contributed by atoms with Gasteiger partial charge < -0.3 is 0 Å². The van der Waals surface area contributed by atoms with Gasteiger partial charge in [0.05, 0.1) is 7.85 Å². The molecule has 1 aromatic rings. The molecule has 1 heterocycles. The van der Waals surface area contributed by atoms with Crippen molar-refractivity contribution in [2.75, 3.05) is 0 Å². The zero-order valence-electron chi connectivity index (χ0n) is 5.14. The number of rotatable bonds is 1. The van der Waals surface area contributed by atoms with Gasteiger partial charge in [-0.25, -0.2) is 4.98 Å². The first kappa shape index (κ1) is 8.09. The van der Waals surface area contributed by atoms with Gasteiger partial charge >= 0.3 is 0 Å². The number of aromatic nitrogens is 1. The van der Waals surface area contributed by atoms with Gasteiger partial charge in [0.15, 0.2) is 0 Å². The van der Waals surface area contributed by atoms with Crippen LogP contribution >= 0.6 is 27.5 Å². The first-order valence-electron chi connectivity index (χ1n) is 2.74. The molecule has 1 nitrogen and oxygen atoms in total. The Labute approximate surface area is 74.3 Å². The van der Waals surface area contributed by atoms with Crippen LogP contribution in [0.15, 0.2) is 16.7 Å². The number of nitrogens with zero attached hydrogens (tertiary/aromatic N) is 1. The summed E-state index contributed by atoms with van der Waals surface area (Å²) in [4.78, 5) is 3.85. The maximum Gasteiger partial charge on any atom is 0.129 e. The summed E-state index contributed by atoms with van der Waals surface area (Å²) in [6.45, 7) is 0. The second-order valence-electron chi connectivity index (χ2n) is 1.80. The van der Waals surface area contributed by atoms with Crippen LogP contribution in [0.5, 0.6) is 0 Å². The molecule has 0 aliphatic carbocycles. The zero-order chi connectivity index (χ0) is 7.56. The second-order valence-corrected chi connectivity index (χ2v) is 3.04. The van der Waals surface area contributed by atoms with E-state index in [0.717, 1.165) is 10.0 Å². The Hall–Kier alpha value is -0.0151. The summed E-state index contributed by atoms with van der Waals surface area (Å²) >= 11 is 8.90. The SMILES string of the molecule is [B]Cc1cc(Cl)ncc1Br. The number of hydrogen-bond acceptors (Lipinski definition) is 1. The van der Waals surface area contributed by atoms with Gasteiger partial charge in [0.1, 0.15) is 5.15 Å². The highest BCUT2D eigenvalue weighted by Crippen LogP contribution is 2.17. The normalized spacial score (nSPS) is 9.80. The summed E-state index contributed by atoms with van der Waals surface area (Å²) in [5, 5.41) is 0.476. The molecule has 0 N–H and O–H groups in total. The van der Waals surface area contributed by atoms with Gasteiger partial charge in [0.25, 0.3) is 0 Å². The number of pyridine rings is 1. The predicted molar refractivity (Wildman–Crippen MR) is 46.4 cm³/mol. The van der Waals surface area contributed by atoms with Crippen molar-refractivity contribution in [2.24, 2.45) is 0 Å². The standard InChI is InChI=1S/C6H4BBrClN/c7-2-4-1-6(9)10-3-5(4)8/h1,3H,2H2. The van der Waals surface area contributed by atoms with E-state index in [1.807, 2.05) is 0 Å². The molecule has 0 spiro atoms. The maximum atomic E-state index is 5.61. The van der Waals surface area contributed by atoms with E-state index in [4.69, 9.17) is 19.4 Å². The van der Waals surface area contributed by atoms with Crippen LogP contribution in [0, 0.1) is 0 Å². The van der Waals surface area contributed by atoms with Crippen LogP contribution in [0.25, 0.3) is 0 Å². The fraction of sp³-hybridized carbons (Fsp3) is 0.167. The van der Waals surface area contributed by atoms with Crippen LogP contribution in [0.2, 0.25) is 5.15 Å². The van der Waals surface area contributed by atoms with E-state index in [9.17, 15) is 0 Å². The molecule has 4 heteroatoms. The van der Waals surface area contributed by atoms with Crippen molar-refractivity contribution in [1.29, 1.82) is 0 Å². The van der Waals surface area contributed by atoms with E-state index < -0.39 is 0 Å². The monoisotopic (exact) mass is 215 g/mol. The summed E-state index contributed by atoms with van der Waals surface area (Å²) < 4.78 is 0.902. The minimum absolute atomic E-state index is 0.475. The Kier molecular flexibility index (Phi) is 2.75. The smallest absolute Gasteiger partial charge is 0.129 e. The molecule has 0 saturated carbocycles. The van der Waals surface area contributed by atoms with Crippen molar-refractivity contribution >= 4 is 35.4 Å². The average molecular weight is 216 g/mol. The molecule has 50 valence electrons. The molecule has 0 aliphatic heterocycles. The van der Waals surface area contributed by atoms with Crippen molar-refractivity contribution in [2.45, 2.75) is 6.32 Å². The van der Waals surface area contributed by atoms with Crippen LogP contribution in [-0.4, -0.2) is 12.8 Å². The van der Waals surface area contributed by atoms with Gasteiger partial charge in [0, 0.05) is 10.7 Å². The highest BCUT2D eigenvalue weighted by Gasteiger charge is 1.97. The van der Waals surface area contributed by atoms with Gasteiger partial charge in [-0.05, 0) is 27.6 Å². The van der Waals surface area contributed by atoms with E-state index in [0.29, 0.717) is 11.5 Å². The van der Waals surface area contributed by atoms with Crippen molar-refractivity contribution in [3.05, 3.63) is 27.5 Å². The molecule has 0 aliphatic rings. The molecule has 0 unspecified atom stereocenters. The van der Waals surface area contributed by atoms with Crippen molar-refractivity contribution in [1.82, 2.24) is 4.98 Å². The van der Waals surface area contributed by atoms with Crippen LogP contribution in [0.1, 0.15) is 5.56 Å². The van der Waals surface area contributed by atoms with Gasteiger partial charge in [-0.1, -0.05) is 17.9 Å². The van der Waals surface area contributed by atoms with Gasteiger partial charge in [-0.15, -0.1) is 0 Å². The van der Waals surface area contributed by atoms with E-state index in [2.05, 4.69) is 20.9 Å². The lowest BCUT2D eigenvalue weighted by molar-refractivity contribution is 1.24. The van der Waals surface area contributed by atoms with Gasteiger partial charge in [-0.3, -0.25) is 0 Å². The summed E-state index contributed by atoms with van der Waals surface area (Å²) in [5.74, 6) is 0. The minimum Gasteiger partial charge on any atom is -0.243 e. The first-order chi connectivity index (χ1) is 4.74. The van der Waals surface area contributed by atoms with Gasteiger partial charge in [0.2, 0.25) is 0 Å². The molecular formula is C6H4BBrClN. The quantitative estimate of drug-likeness (QED) is 0.518. The van der Waals surface area contributed by atoms with Crippen LogP contribution in [-0.2, 0) is 6.32 Å². The molecular weight excluding hydrogens is 212 g/mol. The lowest BCUT2D eigenvalue weighted by atomic mass is 9.98. The third-order valence-corrected chi connectivity index (χ3v) is 2.04. The topological polar surface area (TPSA) is 12.9 Å². The number of hydrogen-bond donors (Lipinski definition) is 0. The Balaban J connectivity index is 3.09. The summed E-state index contributed by atoms with van der Waals surface area (Å²) in [6, 6.07) is 1.74. The van der Waals surface area contributed by atoms with Crippen molar-refractivity contribution in [3.63, 3.8) is 0 Å². The Bertz CT molecular complexity index is 241. The lowest BCUT2D eigenvalue weighted by Crippen LogP contribution is -1.87. The molecule has 10 heavy (non-hydrogen) atoms. The molecule has 0 amide bonds. The lowest BCUT2D eigenvalue weighted by Gasteiger charge is -1.98. The largest absolute Gasteiger partial charge is 0.243 e. The highest BCUT2D eigenvalue weighted by molar-refractivity contribution is 9.10. The molecule has 0 aromatic carbocycles. The molecule has 2 radical (unpaired) electrons. The summed E-state index contributed by atoms with van der Waals surface area (Å²) in [6.07, 6.45) is 2.12. The fourth-order valence-corrected chi connectivity index (χ4v) is 1.17. The molecule has 0 saturated heterocycles. The van der Waals surface area contributed by atoms with Crippen LogP contribution in [0.3, 0.4) is 0 Å². The summed E-state index contributed by atoms with van der Waals surface area (Å²) in [7, 11) is 5.40. The maximum absolute atomic E-state index is 5.61. The Morgan fingerprint density at radius 2 is 2.40 bits per heavy atom. The number of halogens is 2. The average Bonchev–Trinajstić information content (AvgIpc) is 1.94. The Morgan fingerprint density at radius 1 is 1.70 bits per heavy atom. The highest BCUT2D eigenvalue weighted by atomic mass is 79.9. The van der Waals surface area contributed by atoms with Gasteiger partial charge in [-0.2, -0.15) is 0 Å². The predicted octanol–water partition coefficient (Wildman–Crippen LogP) is 2.17. The van der Waals surface area contributed by atoms with Crippen molar-refractivity contribution in [3.8, 4) is 0 Å². The zero-order valence-corrected chi connectivity index (χ0v) is 7.48. The van der Waals surface area contributed by atoms with Crippen LogP contribution < -0.4 is 0 Å². The minimum atomic E-state index is 0.475. The van der Waals surface area contributed by atoms with E-state index >= 15 is 0 Å². The van der Waals surface area contributed by atoms with Crippen molar-refractivity contribution < 1.29 is 0 Å². The van der Waals surface area contributed by atoms with E-state index in [1.165, 1.54) is 0 Å². The molecule has 0 fully saturated rings. The third kappa shape index (κ3) is 1.73. The Morgan fingerprint density at radius 3 is 2.90 bits per heavy atom. The third-order valence-electron chi connectivity index (χ3n) is 1.12. The molecule has 0 bridgehead atoms.